The minimum absolute atomic E-state index is 0.797. The van der Waals surface area contributed by atoms with Gasteiger partial charge in [-0.25, -0.2) is 0 Å². The van der Waals surface area contributed by atoms with Gasteiger partial charge in [0.1, 0.15) is 0 Å². The van der Waals surface area contributed by atoms with Gasteiger partial charge < -0.3 is 5.32 Å². The molecule has 98 valence electrons. The molecule has 2 aliphatic rings. The van der Waals surface area contributed by atoms with Crippen LogP contribution in [-0.4, -0.2) is 20.2 Å². The number of hydrogen-bond acceptors (Lipinski definition) is 1. The molecule has 0 saturated carbocycles. The lowest BCUT2D eigenvalue weighted by Gasteiger charge is -2.29. The molecule has 3 rings (SSSR count). The van der Waals surface area contributed by atoms with Crippen molar-refractivity contribution in [2.45, 2.75) is 63.3 Å². The molecule has 2 heteroatoms. The van der Waals surface area contributed by atoms with Crippen LogP contribution in [0.3, 0.4) is 0 Å². The summed E-state index contributed by atoms with van der Waals surface area (Å²) in [4.78, 5) is 0. The molecule has 1 N–H and O–H groups in total. The molecule has 1 nitrogen and oxygen atoms in total. The van der Waals surface area contributed by atoms with Gasteiger partial charge in [0.15, 0.2) is 0 Å². The average molecular weight is 259 g/mol. The van der Waals surface area contributed by atoms with Crippen molar-refractivity contribution in [2.75, 3.05) is 0 Å². The zero-order valence-electron chi connectivity index (χ0n) is 11.9. The van der Waals surface area contributed by atoms with E-state index in [9.17, 15) is 0 Å². The molecule has 1 aromatic carbocycles. The Balaban J connectivity index is 1.77. The zero-order chi connectivity index (χ0) is 12.8. The van der Waals surface area contributed by atoms with Gasteiger partial charge in [0.25, 0.3) is 0 Å². The predicted molar refractivity (Wildman–Crippen MR) is 81.3 cm³/mol. The Morgan fingerprint density at radius 3 is 2.00 bits per heavy atom. The molecular weight excluding hydrogens is 234 g/mol. The Kier molecular flexibility index (Phi) is 3.11. The Labute approximate surface area is 112 Å². The standard InChI is InChI=1S/C16H25NSi/c1-18(2,3)16-8-4-12(5-9-16)13-10-14-6-7-15(11-13)17-14/h4-5,8-9,13-15,17H,6-7,10-11H2,1-3H3/t13-,14+,15-. The molecule has 2 bridgehead atoms. The van der Waals surface area contributed by atoms with Gasteiger partial charge in [-0.15, -0.1) is 0 Å². The molecule has 1 aromatic rings. The van der Waals surface area contributed by atoms with Crippen molar-refractivity contribution in [1.82, 2.24) is 5.32 Å². The first-order chi connectivity index (χ1) is 8.52. The van der Waals surface area contributed by atoms with Gasteiger partial charge in [-0.3, -0.25) is 0 Å². The molecule has 0 aliphatic carbocycles. The van der Waals surface area contributed by atoms with Crippen LogP contribution in [0, 0.1) is 0 Å². The molecule has 0 amide bonds. The topological polar surface area (TPSA) is 12.0 Å². The largest absolute Gasteiger partial charge is 0.311 e. The Bertz CT molecular complexity index is 406. The highest BCUT2D eigenvalue weighted by molar-refractivity contribution is 6.88. The van der Waals surface area contributed by atoms with E-state index in [4.69, 9.17) is 0 Å². The van der Waals surface area contributed by atoms with E-state index >= 15 is 0 Å². The maximum Gasteiger partial charge on any atom is 0.0775 e. The maximum atomic E-state index is 3.73. The first-order valence-corrected chi connectivity index (χ1v) is 10.9. The van der Waals surface area contributed by atoms with Crippen LogP contribution in [0.2, 0.25) is 19.6 Å². The lowest BCUT2D eigenvalue weighted by Crippen LogP contribution is -2.38. The molecule has 0 unspecified atom stereocenters. The Hall–Kier alpha value is -0.603. The fourth-order valence-corrected chi connectivity index (χ4v) is 4.75. The zero-order valence-corrected chi connectivity index (χ0v) is 12.9. The average Bonchev–Trinajstić information content (AvgIpc) is 2.67. The van der Waals surface area contributed by atoms with Crippen molar-refractivity contribution in [3.63, 3.8) is 0 Å². The summed E-state index contributed by atoms with van der Waals surface area (Å²) in [5, 5.41) is 5.32. The molecule has 0 radical (unpaired) electrons. The minimum Gasteiger partial charge on any atom is -0.311 e. The van der Waals surface area contributed by atoms with Crippen LogP contribution in [0.15, 0.2) is 24.3 Å². The van der Waals surface area contributed by atoms with Crippen LogP contribution in [0.1, 0.15) is 37.2 Å². The van der Waals surface area contributed by atoms with Crippen molar-refractivity contribution in [1.29, 1.82) is 0 Å². The van der Waals surface area contributed by atoms with Crippen LogP contribution in [0.25, 0.3) is 0 Å². The summed E-state index contributed by atoms with van der Waals surface area (Å²) >= 11 is 0. The molecule has 2 saturated heterocycles. The molecule has 0 spiro atoms. The van der Waals surface area contributed by atoms with E-state index in [2.05, 4.69) is 49.2 Å². The molecular formula is C16H25NSi. The number of fused-ring (bicyclic) bond motifs is 2. The summed E-state index contributed by atoms with van der Waals surface area (Å²) in [6.07, 6.45) is 5.49. The summed E-state index contributed by atoms with van der Waals surface area (Å²) in [6.45, 7) is 7.27. The summed E-state index contributed by atoms with van der Waals surface area (Å²) in [7, 11) is -1.13. The normalized spacial score (nSPS) is 31.6. The lowest BCUT2D eigenvalue weighted by molar-refractivity contribution is 0.363. The van der Waals surface area contributed by atoms with Gasteiger partial charge in [-0.1, -0.05) is 49.1 Å². The fourth-order valence-electron chi connectivity index (χ4n) is 3.58. The van der Waals surface area contributed by atoms with Crippen molar-refractivity contribution in [3.8, 4) is 0 Å². The van der Waals surface area contributed by atoms with Crippen molar-refractivity contribution in [2.24, 2.45) is 0 Å². The Morgan fingerprint density at radius 2 is 1.50 bits per heavy atom. The highest BCUT2D eigenvalue weighted by atomic mass is 28.3. The summed E-state index contributed by atoms with van der Waals surface area (Å²) in [5.41, 5.74) is 1.58. The molecule has 3 atom stereocenters. The van der Waals surface area contributed by atoms with E-state index in [1.54, 1.807) is 10.8 Å². The third kappa shape index (κ3) is 2.41. The molecule has 0 aromatic heterocycles. The highest BCUT2D eigenvalue weighted by Crippen LogP contribution is 2.36. The van der Waals surface area contributed by atoms with E-state index < -0.39 is 8.07 Å². The minimum atomic E-state index is -1.13. The van der Waals surface area contributed by atoms with E-state index in [1.165, 1.54) is 25.7 Å². The maximum absolute atomic E-state index is 3.73. The Morgan fingerprint density at radius 1 is 0.944 bits per heavy atom. The second kappa shape index (κ2) is 4.50. The quantitative estimate of drug-likeness (QED) is 0.804. The van der Waals surface area contributed by atoms with E-state index in [-0.39, 0.29) is 0 Å². The number of piperidine rings is 1. The van der Waals surface area contributed by atoms with Crippen LogP contribution in [0.4, 0.5) is 0 Å². The van der Waals surface area contributed by atoms with E-state index in [1.807, 2.05) is 0 Å². The van der Waals surface area contributed by atoms with Crippen LogP contribution < -0.4 is 10.5 Å². The molecule has 18 heavy (non-hydrogen) atoms. The van der Waals surface area contributed by atoms with Gasteiger partial charge in [0.05, 0.1) is 8.07 Å². The van der Waals surface area contributed by atoms with Crippen LogP contribution in [0.5, 0.6) is 0 Å². The van der Waals surface area contributed by atoms with E-state index in [0.29, 0.717) is 0 Å². The first-order valence-electron chi connectivity index (χ1n) is 7.39. The van der Waals surface area contributed by atoms with Crippen LogP contribution in [-0.2, 0) is 0 Å². The fraction of sp³-hybridized carbons (Fsp3) is 0.625. The van der Waals surface area contributed by atoms with Gasteiger partial charge >= 0.3 is 0 Å². The van der Waals surface area contributed by atoms with Gasteiger partial charge in [-0.05, 0) is 37.2 Å². The molecule has 2 heterocycles. The van der Waals surface area contributed by atoms with Gasteiger partial charge in [0.2, 0.25) is 0 Å². The molecule has 2 fully saturated rings. The SMILES string of the molecule is C[Si](C)(C)c1ccc([C@H]2C[C@H]3CC[C@@H](C2)N3)cc1. The van der Waals surface area contributed by atoms with Gasteiger partial charge in [0, 0.05) is 12.1 Å². The predicted octanol–water partition coefficient (Wildman–Crippen LogP) is 3.23. The monoisotopic (exact) mass is 259 g/mol. The third-order valence-corrected chi connectivity index (χ3v) is 6.79. The lowest BCUT2D eigenvalue weighted by atomic mass is 9.86. The number of nitrogens with one attached hydrogen (secondary N) is 1. The van der Waals surface area contributed by atoms with Gasteiger partial charge in [-0.2, -0.15) is 0 Å². The highest BCUT2D eigenvalue weighted by Gasteiger charge is 2.33. The van der Waals surface area contributed by atoms with Crippen molar-refractivity contribution < 1.29 is 0 Å². The first kappa shape index (κ1) is 12.4. The summed E-state index contributed by atoms with van der Waals surface area (Å²) in [5.74, 6) is 0.805. The second-order valence-corrected chi connectivity index (χ2v) is 12.3. The number of hydrogen-bond donors (Lipinski definition) is 1. The molecule has 2 aliphatic heterocycles. The summed E-state index contributed by atoms with van der Waals surface area (Å²) in [6, 6.07) is 11.2. The smallest absolute Gasteiger partial charge is 0.0775 e. The number of rotatable bonds is 2. The third-order valence-electron chi connectivity index (χ3n) is 4.72. The second-order valence-electron chi connectivity index (χ2n) is 7.18. The van der Waals surface area contributed by atoms with Crippen molar-refractivity contribution >= 4 is 13.3 Å². The number of benzene rings is 1. The van der Waals surface area contributed by atoms with Crippen molar-refractivity contribution in [3.05, 3.63) is 29.8 Å². The van der Waals surface area contributed by atoms with Crippen LogP contribution >= 0.6 is 0 Å². The summed E-state index contributed by atoms with van der Waals surface area (Å²) < 4.78 is 0. The van der Waals surface area contributed by atoms with E-state index in [0.717, 1.165) is 18.0 Å².